The summed E-state index contributed by atoms with van der Waals surface area (Å²) >= 11 is 0. The monoisotopic (exact) mass is 737 g/mol. The van der Waals surface area contributed by atoms with Crippen molar-refractivity contribution >= 4 is 36.2 Å². The Morgan fingerprint density at radius 3 is 1.92 bits per heavy atom. The molecule has 0 spiro atoms. The Kier molecular flexibility index (Phi) is 19.9. The van der Waals surface area contributed by atoms with E-state index in [1.54, 1.807) is 13.8 Å². The minimum Gasteiger partial charge on any atom is -0.459 e. The van der Waals surface area contributed by atoms with Gasteiger partial charge >= 0.3 is 30.3 Å². The minimum absolute atomic E-state index is 0.0515. The van der Waals surface area contributed by atoms with Crippen LogP contribution in [0, 0.1) is 29.6 Å². The third-order valence-electron chi connectivity index (χ3n) is 7.74. The molecule has 1 aromatic rings. The smallest absolute Gasteiger partial charge is 0.407 e. The van der Waals surface area contributed by atoms with Crippen molar-refractivity contribution in [2.24, 2.45) is 22.7 Å². The van der Waals surface area contributed by atoms with Crippen molar-refractivity contribution in [3.05, 3.63) is 34.8 Å². The number of aromatic amines is 1. The van der Waals surface area contributed by atoms with Gasteiger partial charge in [-0.3, -0.25) is 15.1 Å². The lowest BCUT2D eigenvalue weighted by atomic mass is 9.80. The lowest BCUT2D eigenvalue weighted by molar-refractivity contribution is -0.138. The second-order valence-corrected chi connectivity index (χ2v) is 14.6. The summed E-state index contributed by atoms with van der Waals surface area (Å²) in [4.78, 5) is 77.6. The van der Waals surface area contributed by atoms with Crippen molar-refractivity contribution in [1.82, 2.24) is 31.2 Å². The molecule has 294 valence electrons. The molecule has 0 saturated carbocycles. The van der Waals surface area contributed by atoms with Crippen LogP contribution in [0.5, 0.6) is 0 Å². The maximum absolute atomic E-state index is 12.3. The lowest BCUT2D eigenvalue weighted by Crippen LogP contribution is -2.36. The summed E-state index contributed by atoms with van der Waals surface area (Å²) in [5.74, 6) is -0.263. The number of nitrogens with zero attached hydrogens (tertiary/aromatic N) is 1. The van der Waals surface area contributed by atoms with Crippen LogP contribution in [0.3, 0.4) is 0 Å². The largest absolute Gasteiger partial charge is 0.459 e. The summed E-state index contributed by atoms with van der Waals surface area (Å²) in [5, 5.41) is 13.4. The van der Waals surface area contributed by atoms with Crippen LogP contribution in [-0.2, 0) is 23.7 Å². The molecule has 0 aliphatic carbocycles. The molecule has 52 heavy (non-hydrogen) atoms. The molecule has 0 saturated heterocycles. The fraction of sp³-hybridized carbons (Fsp3) is 0.686. The topological polar surface area (TPSA) is 228 Å². The summed E-state index contributed by atoms with van der Waals surface area (Å²) < 4.78 is 20.2. The SMILES string of the molecule is C=CC(=O)OCCOC(=O)NCCC(C)(C)CC(C)CNC(=O)OC(C)COC(=O)NCCC(C)(C)CC(C)CNC(=O)Nc1nc(C)cc(=O)[nH]1. The van der Waals surface area contributed by atoms with Crippen molar-refractivity contribution in [3.8, 4) is 0 Å². The fourth-order valence-electron chi connectivity index (χ4n) is 5.44. The van der Waals surface area contributed by atoms with E-state index in [2.05, 4.69) is 70.8 Å². The van der Waals surface area contributed by atoms with Crippen LogP contribution in [0.4, 0.5) is 25.1 Å². The highest BCUT2D eigenvalue weighted by Crippen LogP contribution is 2.29. The van der Waals surface area contributed by atoms with E-state index in [0.29, 0.717) is 44.7 Å². The number of nitrogens with one attached hydrogen (secondary N) is 6. The molecule has 1 rings (SSSR count). The van der Waals surface area contributed by atoms with E-state index in [0.717, 1.165) is 18.9 Å². The van der Waals surface area contributed by atoms with Gasteiger partial charge in [-0.05, 0) is 62.2 Å². The van der Waals surface area contributed by atoms with Crippen molar-refractivity contribution in [3.63, 3.8) is 0 Å². The molecule has 5 amide bonds. The number of aromatic nitrogens is 2. The molecule has 1 heterocycles. The van der Waals surface area contributed by atoms with Crippen LogP contribution in [0.25, 0.3) is 0 Å². The van der Waals surface area contributed by atoms with Gasteiger partial charge in [0.25, 0.3) is 5.56 Å². The Morgan fingerprint density at radius 2 is 1.37 bits per heavy atom. The van der Waals surface area contributed by atoms with Crippen LogP contribution < -0.4 is 32.1 Å². The number of hydrogen-bond donors (Lipinski definition) is 6. The quantitative estimate of drug-likeness (QED) is 0.0423. The summed E-state index contributed by atoms with van der Waals surface area (Å²) in [6, 6.07) is 0.859. The van der Waals surface area contributed by atoms with E-state index in [1.165, 1.54) is 6.07 Å². The molecule has 1 aromatic heterocycles. The molecule has 0 aromatic carbocycles. The van der Waals surface area contributed by atoms with Gasteiger partial charge in [0.15, 0.2) is 0 Å². The Hall–Kier alpha value is -4.83. The van der Waals surface area contributed by atoms with Gasteiger partial charge in [-0.1, -0.05) is 48.1 Å². The number of esters is 1. The summed E-state index contributed by atoms with van der Waals surface area (Å²) in [5.41, 5.74) is -0.146. The number of carbonyl (C=O) groups is 5. The van der Waals surface area contributed by atoms with Gasteiger partial charge in [-0.25, -0.2) is 29.0 Å². The number of carbonyl (C=O) groups excluding carboxylic acids is 5. The predicted octanol–water partition coefficient (Wildman–Crippen LogP) is 4.38. The molecule has 6 N–H and O–H groups in total. The number of rotatable bonds is 22. The highest BCUT2D eigenvalue weighted by Gasteiger charge is 2.24. The highest BCUT2D eigenvalue weighted by molar-refractivity contribution is 5.87. The number of ether oxygens (including phenoxy) is 4. The van der Waals surface area contributed by atoms with Crippen LogP contribution in [0.2, 0.25) is 0 Å². The average molecular weight is 738 g/mol. The van der Waals surface area contributed by atoms with Crippen molar-refractivity contribution in [2.45, 2.75) is 87.2 Å². The molecule has 17 nitrogen and oxygen atoms in total. The molecule has 3 atom stereocenters. The van der Waals surface area contributed by atoms with E-state index in [-0.39, 0.29) is 54.0 Å². The molecule has 0 radical (unpaired) electrons. The molecule has 0 aliphatic rings. The zero-order valence-corrected chi connectivity index (χ0v) is 31.9. The molecular formula is C35H59N7O10. The summed E-state index contributed by atoms with van der Waals surface area (Å²) in [7, 11) is 0. The third kappa shape index (κ3) is 22.1. The van der Waals surface area contributed by atoms with Crippen molar-refractivity contribution in [1.29, 1.82) is 0 Å². The van der Waals surface area contributed by atoms with Gasteiger partial charge < -0.3 is 40.2 Å². The molecule has 0 fully saturated rings. The standard InChI is InChI=1S/C35H59N7O10/c1-10-28(44)49-15-16-50-31(46)36-13-11-35(8,9)19-24(3)21-39-33(48)52-26(5)22-51-32(47)37-14-12-34(6,7)18-23(2)20-38-30(45)42-29-40-25(4)17-27(43)41-29/h10,17,23-24,26H,1,11-16,18-22H2,2-9H3,(H,36,46)(H,37,47)(H,39,48)(H3,38,40,41,42,43,45). The number of alkyl carbamates (subject to hydrolysis) is 3. The number of aryl methyl sites for hydroxylation is 1. The van der Waals surface area contributed by atoms with Crippen LogP contribution in [0.1, 0.15) is 79.8 Å². The second-order valence-electron chi connectivity index (χ2n) is 14.6. The first-order valence-corrected chi connectivity index (χ1v) is 17.5. The second kappa shape index (κ2) is 22.9. The normalized spacial score (nSPS) is 13.0. The zero-order chi connectivity index (χ0) is 39.3. The number of amides is 5. The summed E-state index contributed by atoms with van der Waals surface area (Å²) in [6.07, 6.45) is 1.40. The number of hydrogen-bond acceptors (Lipinski definition) is 11. The Morgan fingerprint density at radius 1 is 0.827 bits per heavy atom. The third-order valence-corrected chi connectivity index (χ3v) is 7.74. The van der Waals surface area contributed by atoms with Gasteiger partial charge in [0, 0.05) is 44.0 Å². The first-order chi connectivity index (χ1) is 24.3. The Bertz CT molecular complexity index is 1380. The van der Waals surface area contributed by atoms with Gasteiger partial charge in [0.2, 0.25) is 5.95 Å². The molecule has 17 heteroatoms. The molecule has 0 bridgehead atoms. The van der Waals surface area contributed by atoms with E-state index in [1.807, 2.05) is 13.8 Å². The molecule has 3 unspecified atom stereocenters. The Labute approximate surface area is 306 Å². The van der Waals surface area contributed by atoms with Crippen LogP contribution >= 0.6 is 0 Å². The van der Waals surface area contributed by atoms with Gasteiger partial charge in [0.05, 0.1) is 0 Å². The molecule has 0 aliphatic heterocycles. The predicted molar refractivity (Wildman–Crippen MR) is 195 cm³/mol. The van der Waals surface area contributed by atoms with E-state index < -0.39 is 36.4 Å². The van der Waals surface area contributed by atoms with E-state index in [9.17, 15) is 28.8 Å². The maximum Gasteiger partial charge on any atom is 0.407 e. The van der Waals surface area contributed by atoms with Crippen LogP contribution in [-0.4, -0.2) is 92.4 Å². The zero-order valence-electron chi connectivity index (χ0n) is 31.9. The van der Waals surface area contributed by atoms with Crippen molar-refractivity contribution in [2.75, 3.05) is 51.3 Å². The van der Waals surface area contributed by atoms with Gasteiger partial charge in [-0.2, -0.15) is 0 Å². The minimum atomic E-state index is -0.665. The summed E-state index contributed by atoms with van der Waals surface area (Å²) in [6.45, 7) is 20.2. The van der Waals surface area contributed by atoms with Crippen LogP contribution in [0.15, 0.2) is 23.5 Å². The number of urea groups is 1. The first-order valence-electron chi connectivity index (χ1n) is 17.5. The van der Waals surface area contributed by atoms with Gasteiger partial charge in [0.1, 0.15) is 25.9 Å². The Balaban J connectivity index is 2.22. The number of anilines is 1. The molecular weight excluding hydrogens is 678 g/mol. The van der Waals surface area contributed by atoms with Gasteiger partial charge in [-0.15, -0.1) is 0 Å². The highest BCUT2D eigenvalue weighted by atomic mass is 16.6. The first kappa shape index (κ1) is 45.2. The fourth-order valence-corrected chi connectivity index (χ4v) is 5.44. The lowest BCUT2D eigenvalue weighted by Gasteiger charge is -2.28. The van der Waals surface area contributed by atoms with E-state index in [4.69, 9.17) is 18.9 Å². The van der Waals surface area contributed by atoms with E-state index >= 15 is 0 Å². The van der Waals surface area contributed by atoms with Crippen molar-refractivity contribution < 1.29 is 42.9 Å². The number of H-pyrrole nitrogens is 1. The maximum atomic E-state index is 12.3. The average Bonchev–Trinajstić information content (AvgIpc) is 3.02.